The van der Waals surface area contributed by atoms with Crippen molar-refractivity contribution >= 4 is 28.3 Å². The second kappa shape index (κ2) is 15.7. The maximum Gasteiger partial charge on any atom is 0.206 e. The summed E-state index contributed by atoms with van der Waals surface area (Å²) in [5, 5.41) is 15.5. The van der Waals surface area contributed by atoms with Crippen molar-refractivity contribution < 1.29 is 9.26 Å². The molecule has 0 amide bonds. The number of hydrogen-bond acceptors (Lipinski definition) is 10. The Labute approximate surface area is 323 Å². The third-order valence-electron chi connectivity index (χ3n) is 9.71. The number of benzene rings is 3. The SMILES string of the molecule is COc1ccc(CNc2nc3ncc(-c4c(C)noc4C)cc3n2Cc2ccccc2)cc1.Cc1nc2ncc(-c3cnnn3C)cc2n1Cc1ccccc1. The predicted octanol–water partition coefficient (Wildman–Crippen LogP) is 7.96. The lowest BCUT2D eigenvalue weighted by atomic mass is 10.1. The molecule has 56 heavy (non-hydrogen) atoms. The Balaban J connectivity index is 0.000000168. The van der Waals surface area contributed by atoms with E-state index in [1.54, 1.807) is 18.0 Å². The van der Waals surface area contributed by atoms with Gasteiger partial charge in [-0.25, -0.2) is 19.6 Å². The molecular formula is C43H41N11O2. The minimum absolute atomic E-state index is 0.638. The highest BCUT2D eigenvalue weighted by atomic mass is 16.5. The van der Waals surface area contributed by atoms with E-state index in [2.05, 4.69) is 93.4 Å². The van der Waals surface area contributed by atoms with E-state index in [-0.39, 0.29) is 0 Å². The van der Waals surface area contributed by atoms with Gasteiger partial charge in [0, 0.05) is 49.2 Å². The number of rotatable bonds is 10. The molecule has 0 atom stereocenters. The minimum atomic E-state index is 0.638. The Kier molecular flexibility index (Phi) is 10.0. The van der Waals surface area contributed by atoms with Crippen LogP contribution in [0.1, 0.15) is 34.0 Å². The van der Waals surface area contributed by atoms with E-state index >= 15 is 0 Å². The number of imidazole rings is 2. The molecule has 280 valence electrons. The van der Waals surface area contributed by atoms with Gasteiger partial charge >= 0.3 is 0 Å². The maximum absolute atomic E-state index is 5.38. The van der Waals surface area contributed by atoms with Crippen molar-refractivity contribution in [2.75, 3.05) is 12.4 Å². The molecule has 0 aliphatic heterocycles. The number of hydrogen-bond donors (Lipinski definition) is 1. The molecule has 13 heteroatoms. The van der Waals surface area contributed by atoms with Crippen LogP contribution in [0.3, 0.4) is 0 Å². The van der Waals surface area contributed by atoms with Gasteiger partial charge in [-0.05, 0) is 61.7 Å². The number of nitrogens with one attached hydrogen (secondary N) is 1. The van der Waals surface area contributed by atoms with Crippen LogP contribution in [-0.4, -0.2) is 56.3 Å². The molecule has 0 spiro atoms. The molecule has 0 aliphatic rings. The largest absolute Gasteiger partial charge is 0.497 e. The van der Waals surface area contributed by atoms with E-state index in [4.69, 9.17) is 14.2 Å². The van der Waals surface area contributed by atoms with Crippen molar-refractivity contribution in [3.8, 4) is 28.1 Å². The molecule has 3 aromatic carbocycles. The van der Waals surface area contributed by atoms with Gasteiger partial charge in [-0.3, -0.25) is 0 Å². The zero-order valence-corrected chi connectivity index (χ0v) is 31.9. The summed E-state index contributed by atoms with van der Waals surface area (Å²) in [7, 11) is 3.54. The van der Waals surface area contributed by atoms with E-state index in [9.17, 15) is 0 Å². The summed E-state index contributed by atoms with van der Waals surface area (Å²) in [4.78, 5) is 18.5. The van der Waals surface area contributed by atoms with Crippen molar-refractivity contribution in [1.29, 1.82) is 0 Å². The van der Waals surface area contributed by atoms with E-state index in [1.807, 2.05) is 88.7 Å². The van der Waals surface area contributed by atoms with Gasteiger partial charge in [0.05, 0.1) is 42.3 Å². The van der Waals surface area contributed by atoms with Crippen LogP contribution < -0.4 is 10.1 Å². The second-order valence-corrected chi connectivity index (χ2v) is 13.5. The van der Waals surface area contributed by atoms with E-state index in [0.29, 0.717) is 18.7 Å². The van der Waals surface area contributed by atoms with Crippen molar-refractivity contribution in [2.45, 2.75) is 40.4 Å². The molecule has 0 unspecified atom stereocenters. The number of methoxy groups -OCH3 is 1. The smallest absolute Gasteiger partial charge is 0.206 e. The molecule has 0 fully saturated rings. The van der Waals surface area contributed by atoms with Crippen LogP contribution in [0.15, 0.2) is 120 Å². The number of pyridine rings is 2. The fraction of sp³-hybridized carbons (Fsp3) is 0.186. The lowest BCUT2D eigenvalue weighted by molar-refractivity contribution is 0.393. The molecule has 0 saturated heterocycles. The van der Waals surface area contributed by atoms with Crippen LogP contribution >= 0.6 is 0 Å². The summed E-state index contributed by atoms with van der Waals surface area (Å²) < 4.78 is 16.7. The molecular weight excluding hydrogens is 703 g/mol. The van der Waals surface area contributed by atoms with Crippen molar-refractivity contribution in [3.63, 3.8) is 0 Å². The van der Waals surface area contributed by atoms with Gasteiger partial charge in [-0.2, -0.15) is 4.98 Å². The van der Waals surface area contributed by atoms with Crippen LogP contribution in [0.25, 0.3) is 44.7 Å². The summed E-state index contributed by atoms with van der Waals surface area (Å²) in [5.41, 5.74) is 11.7. The summed E-state index contributed by atoms with van der Waals surface area (Å²) in [6.45, 7) is 7.96. The Morgan fingerprint density at radius 1 is 0.696 bits per heavy atom. The molecule has 6 heterocycles. The van der Waals surface area contributed by atoms with Gasteiger partial charge in [-0.1, -0.05) is 83.2 Å². The predicted molar refractivity (Wildman–Crippen MR) is 216 cm³/mol. The first-order valence-corrected chi connectivity index (χ1v) is 18.3. The molecule has 0 saturated carbocycles. The number of ether oxygens (including phenoxy) is 1. The summed E-state index contributed by atoms with van der Waals surface area (Å²) >= 11 is 0. The van der Waals surface area contributed by atoms with Gasteiger partial charge in [0.1, 0.15) is 17.3 Å². The number of aryl methyl sites for hydroxylation is 4. The van der Waals surface area contributed by atoms with Gasteiger partial charge in [0.25, 0.3) is 0 Å². The number of aromatic nitrogens is 10. The first-order chi connectivity index (χ1) is 27.3. The standard InChI is InChI=1S/C26H25N5O2.C17H16N6/c1-17-24(18(2)33-30-17)21-13-23-25(27-15-21)29-26(31(23)16-20-7-5-4-6-8-20)28-14-19-9-11-22(32-3)12-10-19;1-12-20-17-15(23(12)11-13-6-4-3-5-7-13)8-14(9-18-17)16-10-19-21-22(16)2/h4-13,15H,14,16H2,1-3H3,(H,27,28,29);3-10H,11H2,1-2H3. The Morgan fingerprint density at radius 3 is 1.95 bits per heavy atom. The van der Waals surface area contributed by atoms with Crippen molar-refractivity contribution in [3.05, 3.63) is 150 Å². The van der Waals surface area contributed by atoms with Crippen LogP contribution in [0, 0.1) is 20.8 Å². The highest BCUT2D eigenvalue weighted by Crippen LogP contribution is 2.30. The van der Waals surface area contributed by atoms with Gasteiger partial charge in [0.15, 0.2) is 11.3 Å². The van der Waals surface area contributed by atoms with Crippen LogP contribution in [0.5, 0.6) is 5.75 Å². The Morgan fingerprint density at radius 2 is 1.32 bits per heavy atom. The monoisotopic (exact) mass is 743 g/mol. The average molecular weight is 744 g/mol. The van der Waals surface area contributed by atoms with Crippen LogP contribution in [-0.2, 0) is 26.7 Å². The van der Waals surface area contributed by atoms with Crippen LogP contribution in [0.2, 0.25) is 0 Å². The lowest BCUT2D eigenvalue weighted by Crippen LogP contribution is -2.08. The molecule has 0 aliphatic carbocycles. The highest BCUT2D eigenvalue weighted by Gasteiger charge is 2.18. The summed E-state index contributed by atoms with van der Waals surface area (Å²) in [5.74, 6) is 3.34. The third kappa shape index (κ3) is 7.47. The number of anilines is 1. The summed E-state index contributed by atoms with van der Waals surface area (Å²) in [6.07, 6.45) is 5.40. The molecule has 13 nitrogen and oxygen atoms in total. The fourth-order valence-corrected chi connectivity index (χ4v) is 6.80. The van der Waals surface area contributed by atoms with Crippen molar-refractivity contribution in [1.82, 2.24) is 49.2 Å². The zero-order valence-electron chi connectivity index (χ0n) is 31.9. The second-order valence-electron chi connectivity index (χ2n) is 13.5. The molecule has 1 N–H and O–H groups in total. The fourth-order valence-electron chi connectivity index (χ4n) is 6.80. The maximum atomic E-state index is 5.38. The summed E-state index contributed by atoms with van der Waals surface area (Å²) in [6, 6.07) is 32.9. The molecule has 9 aromatic rings. The Hall–Kier alpha value is -7.15. The first kappa shape index (κ1) is 35.9. The molecule has 0 bridgehead atoms. The van der Waals surface area contributed by atoms with E-state index in [1.165, 1.54) is 11.1 Å². The highest BCUT2D eigenvalue weighted by molar-refractivity contribution is 5.82. The normalized spacial score (nSPS) is 11.2. The van der Waals surface area contributed by atoms with Gasteiger partial charge < -0.3 is 23.7 Å². The molecule has 9 rings (SSSR count). The topological polar surface area (TPSA) is 139 Å². The third-order valence-corrected chi connectivity index (χ3v) is 9.71. The van der Waals surface area contributed by atoms with Gasteiger partial charge in [0.2, 0.25) is 5.95 Å². The number of nitrogens with zero attached hydrogens (tertiary/aromatic N) is 10. The van der Waals surface area contributed by atoms with Crippen LogP contribution in [0.4, 0.5) is 5.95 Å². The molecule has 0 radical (unpaired) electrons. The Bertz CT molecular complexity index is 2710. The van der Waals surface area contributed by atoms with E-state index in [0.717, 1.165) is 80.1 Å². The van der Waals surface area contributed by atoms with Crippen molar-refractivity contribution in [2.24, 2.45) is 7.05 Å². The zero-order chi connectivity index (χ0) is 38.6. The lowest BCUT2D eigenvalue weighted by Gasteiger charge is -2.12. The average Bonchev–Trinajstić information content (AvgIpc) is 3.99. The number of fused-ring (bicyclic) bond motifs is 2. The quantitative estimate of drug-likeness (QED) is 0.147. The van der Waals surface area contributed by atoms with Gasteiger partial charge in [-0.15, -0.1) is 5.10 Å². The first-order valence-electron chi connectivity index (χ1n) is 18.3. The minimum Gasteiger partial charge on any atom is -0.497 e. The molecule has 6 aromatic heterocycles. The van der Waals surface area contributed by atoms with E-state index < -0.39 is 0 Å².